The number of amides is 1. The summed E-state index contributed by atoms with van der Waals surface area (Å²) >= 11 is 0. The highest BCUT2D eigenvalue weighted by Gasteiger charge is 2.43. The number of nitrogens with one attached hydrogen (secondary N) is 1. The molecular weight excluding hydrogens is 176 g/mol. The Morgan fingerprint density at radius 3 is 2.86 bits per heavy atom. The second-order valence-electron chi connectivity index (χ2n) is 5.01. The summed E-state index contributed by atoms with van der Waals surface area (Å²) in [6, 6.07) is 0.600. The van der Waals surface area contributed by atoms with Crippen LogP contribution in [0.25, 0.3) is 0 Å². The van der Waals surface area contributed by atoms with Crippen molar-refractivity contribution in [3.8, 4) is 0 Å². The summed E-state index contributed by atoms with van der Waals surface area (Å²) in [5.41, 5.74) is 0. The summed E-state index contributed by atoms with van der Waals surface area (Å²) in [4.78, 5) is 13.9. The highest BCUT2D eigenvalue weighted by atomic mass is 16.2. The van der Waals surface area contributed by atoms with Crippen molar-refractivity contribution in [2.75, 3.05) is 19.6 Å². The Morgan fingerprint density at radius 2 is 2.21 bits per heavy atom. The van der Waals surface area contributed by atoms with Gasteiger partial charge in [-0.25, -0.2) is 0 Å². The lowest BCUT2D eigenvalue weighted by Gasteiger charge is -2.37. The van der Waals surface area contributed by atoms with E-state index in [2.05, 4.69) is 10.2 Å². The molecule has 0 radical (unpaired) electrons. The topological polar surface area (TPSA) is 32.3 Å². The quantitative estimate of drug-likeness (QED) is 0.663. The molecule has 78 valence electrons. The number of carbonyl (C=O) groups excluding carboxylic acids is 1. The van der Waals surface area contributed by atoms with Crippen LogP contribution in [0.1, 0.15) is 25.7 Å². The van der Waals surface area contributed by atoms with Crippen LogP contribution in [-0.2, 0) is 4.79 Å². The van der Waals surface area contributed by atoms with Crippen molar-refractivity contribution in [1.29, 1.82) is 0 Å². The number of rotatable bonds is 1. The van der Waals surface area contributed by atoms with Gasteiger partial charge in [-0.1, -0.05) is 6.42 Å². The number of carbonyl (C=O) groups is 1. The number of nitrogens with zero attached hydrogens (tertiary/aromatic N) is 1. The maximum Gasteiger partial charge on any atom is 0.236 e. The molecule has 1 saturated heterocycles. The van der Waals surface area contributed by atoms with E-state index in [1.807, 2.05) is 0 Å². The number of piperazine rings is 1. The Hall–Kier alpha value is -0.570. The normalized spacial score (nSPS) is 42.1. The fraction of sp³-hybridized carbons (Fsp3) is 0.909. The van der Waals surface area contributed by atoms with Crippen molar-refractivity contribution in [1.82, 2.24) is 10.2 Å². The fourth-order valence-electron chi connectivity index (χ4n) is 3.56. The largest absolute Gasteiger partial charge is 0.337 e. The van der Waals surface area contributed by atoms with Crippen molar-refractivity contribution < 1.29 is 4.79 Å². The van der Waals surface area contributed by atoms with Gasteiger partial charge in [-0.15, -0.1) is 0 Å². The molecule has 3 heteroatoms. The summed E-state index contributed by atoms with van der Waals surface area (Å²) < 4.78 is 0. The van der Waals surface area contributed by atoms with E-state index in [9.17, 15) is 4.79 Å². The van der Waals surface area contributed by atoms with Gasteiger partial charge in [-0.3, -0.25) is 4.79 Å². The zero-order valence-electron chi connectivity index (χ0n) is 8.54. The van der Waals surface area contributed by atoms with Gasteiger partial charge in [0.1, 0.15) is 0 Å². The van der Waals surface area contributed by atoms with Crippen LogP contribution in [0.15, 0.2) is 0 Å². The second kappa shape index (κ2) is 3.23. The van der Waals surface area contributed by atoms with E-state index < -0.39 is 0 Å². The van der Waals surface area contributed by atoms with Gasteiger partial charge in [0.25, 0.3) is 0 Å². The first-order valence-corrected chi connectivity index (χ1v) is 5.85. The monoisotopic (exact) mass is 194 g/mol. The van der Waals surface area contributed by atoms with Crippen molar-refractivity contribution in [2.45, 2.75) is 31.7 Å². The average molecular weight is 194 g/mol. The van der Waals surface area contributed by atoms with E-state index in [-0.39, 0.29) is 0 Å². The van der Waals surface area contributed by atoms with E-state index in [0.717, 1.165) is 24.9 Å². The summed E-state index contributed by atoms with van der Waals surface area (Å²) in [6.45, 7) is 2.49. The van der Waals surface area contributed by atoms with Gasteiger partial charge in [0.2, 0.25) is 5.91 Å². The molecule has 1 amide bonds. The third-order valence-electron chi connectivity index (χ3n) is 4.23. The minimum Gasteiger partial charge on any atom is -0.337 e. The van der Waals surface area contributed by atoms with Crippen molar-refractivity contribution in [3.63, 3.8) is 0 Å². The third kappa shape index (κ3) is 1.26. The molecule has 3 nitrogen and oxygen atoms in total. The lowest BCUT2D eigenvalue weighted by Crippen LogP contribution is -2.53. The summed E-state index contributed by atoms with van der Waals surface area (Å²) in [7, 11) is 0. The molecule has 14 heavy (non-hydrogen) atoms. The Morgan fingerprint density at radius 1 is 1.29 bits per heavy atom. The standard InChI is InChI=1S/C11H18N2O/c14-11-7-12-3-4-13(11)10-6-8-1-2-9(10)5-8/h8-10,12H,1-7H2. The van der Waals surface area contributed by atoms with Gasteiger partial charge in [0.15, 0.2) is 0 Å². The Balaban J connectivity index is 1.72. The summed E-state index contributed by atoms with van der Waals surface area (Å²) in [5.74, 6) is 2.10. The van der Waals surface area contributed by atoms with Crippen LogP contribution in [0, 0.1) is 11.8 Å². The maximum atomic E-state index is 11.7. The highest BCUT2D eigenvalue weighted by Crippen LogP contribution is 2.46. The predicted octanol–water partition coefficient (Wildman–Crippen LogP) is 0.607. The molecule has 0 aromatic rings. The average Bonchev–Trinajstić information content (AvgIpc) is 2.79. The van der Waals surface area contributed by atoms with Crippen LogP contribution in [0.4, 0.5) is 0 Å². The van der Waals surface area contributed by atoms with E-state index in [1.165, 1.54) is 25.7 Å². The number of hydrogen-bond acceptors (Lipinski definition) is 2. The molecule has 2 bridgehead atoms. The Bertz CT molecular complexity index is 254. The van der Waals surface area contributed by atoms with Crippen LogP contribution in [0.3, 0.4) is 0 Å². The zero-order valence-corrected chi connectivity index (χ0v) is 8.54. The third-order valence-corrected chi connectivity index (χ3v) is 4.23. The van der Waals surface area contributed by atoms with E-state index in [1.54, 1.807) is 0 Å². The molecule has 1 aliphatic heterocycles. The van der Waals surface area contributed by atoms with E-state index >= 15 is 0 Å². The molecule has 3 unspecified atom stereocenters. The predicted molar refractivity (Wildman–Crippen MR) is 53.8 cm³/mol. The molecule has 3 rings (SSSR count). The lowest BCUT2D eigenvalue weighted by molar-refractivity contribution is -0.135. The summed E-state index contributed by atoms with van der Waals surface area (Å²) in [5, 5.41) is 3.14. The molecule has 3 aliphatic rings. The summed E-state index contributed by atoms with van der Waals surface area (Å²) in [6.07, 6.45) is 5.46. The number of hydrogen-bond donors (Lipinski definition) is 1. The van der Waals surface area contributed by atoms with Gasteiger partial charge < -0.3 is 10.2 Å². The van der Waals surface area contributed by atoms with E-state index in [0.29, 0.717) is 18.5 Å². The van der Waals surface area contributed by atoms with Gasteiger partial charge >= 0.3 is 0 Å². The van der Waals surface area contributed by atoms with Crippen molar-refractivity contribution >= 4 is 5.91 Å². The first-order chi connectivity index (χ1) is 6.84. The van der Waals surface area contributed by atoms with E-state index in [4.69, 9.17) is 0 Å². The van der Waals surface area contributed by atoms with Crippen LogP contribution in [-0.4, -0.2) is 36.5 Å². The highest BCUT2D eigenvalue weighted by molar-refractivity contribution is 5.79. The molecule has 3 atom stereocenters. The molecular formula is C11H18N2O. The minimum absolute atomic E-state index is 0.328. The molecule has 3 fully saturated rings. The first kappa shape index (κ1) is 8.72. The zero-order chi connectivity index (χ0) is 9.54. The van der Waals surface area contributed by atoms with Gasteiger partial charge in [0, 0.05) is 19.1 Å². The molecule has 0 aromatic carbocycles. The number of fused-ring (bicyclic) bond motifs is 2. The SMILES string of the molecule is O=C1CNCCN1C1CC2CCC1C2. The molecule has 1 heterocycles. The van der Waals surface area contributed by atoms with Crippen molar-refractivity contribution in [2.24, 2.45) is 11.8 Å². The maximum absolute atomic E-state index is 11.7. The van der Waals surface area contributed by atoms with Crippen molar-refractivity contribution in [3.05, 3.63) is 0 Å². The van der Waals surface area contributed by atoms with Gasteiger partial charge in [0.05, 0.1) is 6.54 Å². The first-order valence-electron chi connectivity index (χ1n) is 5.85. The Labute approximate surface area is 84.8 Å². The molecule has 1 N–H and O–H groups in total. The molecule has 0 spiro atoms. The smallest absolute Gasteiger partial charge is 0.236 e. The molecule has 2 saturated carbocycles. The van der Waals surface area contributed by atoms with Crippen LogP contribution in [0.5, 0.6) is 0 Å². The van der Waals surface area contributed by atoms with Crippen LogP contribution >= 0.6 is 0 Å². The second-order valence-corrected chi connectivity index (χ2v) is 5.01. The van der Waals surface area contributed by atoms with Crippen LogP contribution in [0.2, 0.25) is 0 Å². The molecule has 0 aromatic heterocycles. The minimum atomic E-state index is 0.328. The molecule has 2 aliphatic carbocycles. The van der Waals surface area contributed by atoms with Crippen LogP contribution < -0.4 is 5.32 Å². The van der Waals surface area contributed by atoms with Gasteiger partial charge in [-0.2, -0.15) is 0 Å². The fourth-order valence-corrected chi connectivity index (χ4v) is 3.56. The Kier molecular flexibility index (Phi) is 2.01. The lowest BCUT2D eigenvalue weighted by atomic mass is 9.93. The van der Waals surface area contributed by atoms with Gasteiger partial charge in [-0.05, 0) is 31.1 Å².